The summed E-state index contributed by atoms with van der Waals surface area (Å²) in [5.41, 5.74) is 2.07. The summed E-state index contributed by atoms with van der Waals surface area (Å²) in [6, 6.07) is 8.07. The number of imide groups is 1. The van der Waals surface area contributed by atoms with Crippen LogP contribution in [0.25, 0.3) is 0 Å². The predicted molar refractivity (Wildman–Crippen MR) is 106 cm³/mol. The number of rotatable bonds is 3. The lowest BCUT2D eigenvalue weighted by molar-refractivity contribution is -0.137. The highest BCUT2D eigenvalue weighted by molar-refractivity contribution is 6.00. The number of amides is 3. The zero-order chi connectivity index (χ0) is 19.5. The number of carbonyl (C=O) groups excluding carboxylic acids is 3. The summed E-state index contributed by atoms with van der Waals surface area (Å²) in [4.78, 5) is 40.4. The number of nitrogens with zero attached hydrogens (tertiary/aromatic N) is 2. The average Bonchev–Trinajstić information content (AvgIpc) is 2.74. The van der Waals surface area contributed by atoms with Crippen LogP contribution in [-0.2, 0) is 14.4 Å². The number of hydrogen-bond acceptors (Lipinski definition) is 5. The zero-order valence-electron chi connectivity index (χ0n) is 16.2. The van der Waals surface area contributed by atoms with Gasteiger partial charge < -0.3 is 15.1 Å². The van der Waals surface area contributed by atoms with Crippen molar-refractivity contribution in [1.82, 2.24) is 15.5 Å². The van der Waals surface area contributed by atoms with Crippen molar-refractivity contribution >= 4 is 23.4 Å². The van der Waals surface area contributed by atoms with Crippen LogP contribution in [-0.4, -0.2) is 61.9 Å². The molecule has 3 fully saturated rings. The minimum absolute atomic E-state index is 0.181. The van der Waals surface area contributed by atoms with Gasteiger partial charge in [-0.2, -0.15) is 0 Å². The van der Waals surface area contributed by atoms with E-state index in [2.05, 4.69) is 15.5 Å². The largest absolute Gasteiger partial charge is 0.368 e. The van der Waals surface area contributed by atoms with Crippen molar-refractivity contribution in [1.29, 1.82) is 0 Å². The van der Waals surface area contributed by atoms with Crippen molar-refractivity contribution in [3.8, 4) is 0 Å². The van der Waals surface area contributed by atoms with Gasteiger partial charge in [-0.15, -0.1) is 0 Å². The number of benzene rings is 1. The van der Waals surface area contributed by atoms with Gasteiger partial charge in [-0.05, 0) is 50.0 Å². The van der Waals surface area contributed by atoms with Gasteiger partial charge in [0.05, 0.1) is 5.92 Å². The lowest BCUT2D eigenvalue weighted by Crippen LogP contribution is -2.51. The summed E-state index contributed by atoms with van der Waals surface area (Å²) in [6.45, 7) is 5.06. The van der Waals surface area contributed by atoms with Crippen LogP contribution in [0.5, 0.6) is 0 Å². The third-order valence-electron chi connectivity index (χ3n) is 6.18. The van der Waals surface area contributed by atoms with Gasteiger partial charge in [0.15, 0.2) is 0 Å². The van der Waals surface area contributed by atoms with E-state index in [1.807, 2.05) is 29.2 Å². The summed E-state index contributed by atoms with van der Waals surface area (Å²) >= 11 is 0. The molecule has 0 aromatic heterocycles. The van der Waals surface area contributed by atoms with Gasteiger partial charge in [-0.1, -0.05) is 12.1 Å². The van der Waals surface area contributed by atoms with Crippen LogP contribution in [0.2, 0.25) is 0 Å². The van der Waals surface area contributed by atoms with Crippen LogP contribution in [0.3, 0.4) is 0 Å². The van der Waals surface area contributed by atoms with Crippen molar-refractivity contribution in [2.45, 2.75) is 31.6 Å². The number of piperazine rings is 1. The molecule has 2 N–H and O–H groups in total. The Balaban J connectivity index is 1.33. The van der Waals surface area contributed by atoms with Gasteiger partial charge in [0.2, 0.25) is 17.7 Å². The molecule has 3 saturated heterocycles. The molecule has 3 aliphatic heterocycles. The quantitative estimate of drug-likeness (QED) is 0.756. The van der Waals surface area contributed by atoms with E-state index in [0.29, 0.717) is 18.7 Å². The molecule has 4 rings (SSSR count). The summed E-state index contributed by atoms with van der Waals surface area (Å²) in [5, 5.41) is 5.73. The summed E-state index contributed by atoms with van der Waals surface area (Å²) < 4.78 is 0. The van der Waals surface area contributed by atoms with E-state index >= 15 is 0 Å². The molecule has 7 nitrogen and oxygen atoms in total. The zero-order valence-corrected chi connectivity index (χ0v) is 16.2. The molecule has 3 heterocycles. The van der Waals surface area contributed by atoms with Gasteiger partial charge >= 0.3 is 0 Å². The molecule has 0 spiro atoms. The van der Waals surface area contributed by atoms with Crippen molar-refractivity contribution < 1.29 is 14.4 Å². The highest BCUT2D eigenvalue weighted by atomic mass is 16.2. The fourth-order valence-corrected chi connectivity index (χ4v) is 4.44. The average molecular weight is 384 g/mol. The number of anilines is 1. The summed E-state index contributed by atoms with van der Waals surface area (Å²) in [7, 11) is 0. The van der Waals surface area contributed by atoms with Gasteiger partial charge in [-0.3, -0.25) is 19.7 Å². The molecule has 150 valence electrons. The second kappa shape index (κ2) is 8.31. The Morgan fingerprint density at radius 1 is 0.929 bits per heavy atom. The maximum absolute atomic E-state index is 12.7. The second-order valence-electron chi connectivity index (χ2n) is 7.93. The van der Waals surface area contributed by atoms with E-state index < -0.39 is 0 Å². The van der Waals surface area contributed by atoms with E-state index in [1.165, 1.54) is 0 Å². The Morgan fingerprint density at radius 2 is 1.61 bits per heavy atom. The molecular weight excluding hydrogens is 356 g/mol. The van der Waals surface area contributed by atoms with Crippen LogP contribution in [0.1, 0.15) is 37.2 Å². The molecule has 3 amide bonds. The van der Waals surface area contributed by atoms with E-state index in [1.54, 1.807) is 0 Å². The van der Waals surface area contributed by atoms with E-state index in [9.17, 15) is 14.4 Å². The van der Waals surface area contributed by atoms with Crippen molar-refractivity contribution in [2.75, 3.05) is 44.2 Å². The van der Waals surface area contributed by atoms with Crippen molar-refractivity contribution in [3.63, 3.8) is 0 Å². The lowest BCUT2D eigenvalue weighted by atomic mass is 9.90. The van der Waals surface area contributed by atoms with Crippen LogP contribution in [0.15, 0.2) is 24.3 Å². The molecule has 28 heavy (non-hydrogen) atoms. The van der Waals surface area contributed by atoms with Crippen molar-refractivity contribution in [2.24, 2.45) is 5.92 Å². The second-order valence-corrected chi connectivity index (χ2v) is 7.93. The smallest absolute Gasteiger partial charge is 0.234 e. The number of hydrogen-bond donors (Lipinski definition) is 2. The van der Waals surface area contributed by atoms with Gasteiger partial charge in [0, 0.05) is 44.2 Å². The molecule has 0 bridgehead atoms. The topological polar surface area (TPSA) is 81.8 Å². The maximum atomic E-state index is 12.7. The fourth-order valence-electron chi connectivity index (χ4n) is 4.44. The Hall–Kier alpha value is -2.41. The number of piperidine rings is 2. The molecule has 0 aliphatic carbocycles. The molecule has 3 aliphatic rings. The van der Waals surface area contributed by atoms with Crippen LogP contribution in [0.4, 0.5) is 5.69 Å². The molecule has 1 aromatic rings. The summed E-state index contributed by atoms with van der Waals surface area (Å²) in [5.74, 6) is -0.134. The Bertz CT molecular complexity index is 735. The highest BCUT2D eigenvalue weighted by Crippen LogP contribution is 2.27. The van der Waals surface area contributed by atoms with Gasteiger partial charge in [-0.25, -0.2) is 0 Å². The first-order valence-corrected chi connectivity index (χ1v) is 10.3. The first-order chi connectivity index (χ1) is 13.6. The first-order valence-electron chi connectivity index (χ1n) is 10.3. The minimum Gasteiger partial charge on any atom is -0.368 e. The lowest BCUT2D eigenvalue weighted by Gasteiger charge is -2.38. The maximum Gasteiger partial charge on any atom is 0.234 e. The van der Waals surface area contributed by atoms with E-state index in [-0.39, 0.29) is 23.7 Å². The third kappa shape index (κ3) is 4.04. The Labute approximate surface area is 165 Å². The highest BCUT2D eigenvalue weighted by Gasteiger charge is 2.30. The Morgan fingerprint density at radius 3 is 2.25 bits per heavy atom. The van der Waals surface area contributed by atoms with Crippen LogP contribution in [0, 0.1) is 5.92 Å². The minimum atomic E-state index is -0.244. The van der Waals surface area contributed by atoms with Crippen molar-refractivity contribution in [3.05, 3.63) is 29.8 Å². The number of carbonyl (C=O) groups is 3. The standard InChI is InChI=1S/C21H28N4O3/c26-19-6-5-18(20(27)23-19)15-1-3-17(4-2-15)24-11-13-25(14-12-24)21(28)16-7-9-22-10-8-16/h1-4,16,18,22H,5-14H2,(H,23,26,27)/t18-/m1/s1. The number of nitrogens with one attached hydrogen (secondary N) is 2. The van der Waals surface area contributed by atoms with Gasteiger partial charge in [0.25, 0.3) is 0 Å². The SMILES string of the molecule is O=C1CC[C@H](c2ccc(N3CCN(C(=O)C4CCNCC4)CC3)cc2)C(=O)N1. The molecule has 1 aromatic carbocycles. The third-order valence-corrected chi connectivity index (χ3v) is 6.18. The Kier molecular flexibility index (Phi) is 5.62. The molecule has 0 radical (unpaired) electrons. The molecular formula is C21H28N4O3. The predicted octanol–water partition coefficient (Wildman–Crippen LogP) is 0.855. The van der Waals surface area contributed by atoms with E-state index in [4.69, 9.17) is 0 Å². The molecule has 0 unspecified atom stereocenters. The molecule has 1 atom stereocenters. The van der Waals surface area contributed by atoms with E-state index in [0.717, 1.165) is 63.4 Å². The normalized spacial score (nSPS) is 24.2. The van der Waals surface area contributed by atoms with Gasteiger partial charge in [0.1, 0.15) is 0 Å². The molecule has 7 heteroatoms. The summed E-state index contributed by atoms with van der Waals surface area (Å²) in [6.07, 6.45) is 2.86. The van der Waals surface area contributed by atoms with Crippen LogP contribution < -0.4 is 15.5 Å². The van der Waals surface area contributed by atoms with Crippen LogP contribution >= 0.6 is 0 Å². The molecule has 0 saturated carbocycles. The first kappa shape index (κ1) is 18.9. The monoisotopic (exact) mass is 384 g/mol. The fraction of sp³-hybridized carbons (Fsp3) is 0.571.